The van der Waals surface area contributed by atoms with Crippen molar-refractivity contribution < 1.29 is 14.1 Å². The Morgan fingerprint density at radius 3 is 2.55 bits per heavy atom. The van der Waals surface area contributed by atoms with E-state index in [2.05, 4.69) is 15.2 Å². The van der Waals surface area contributed by atoms with Gasteiger partial charge in [-0.05, 0) is 49.1 Å². The average molecular weight is 464 g/mol. The van der Waals surface area contributed by atoms with Gasteiger partial charge in [0.15, 0.2) is 11.6 Å². The van der Waals surface area contributed by atoms with Crippen LogP contribution in [0.4, 0.5) is 17.3 Å². The van der Waals surface area contributed by atoms with Crippen LogP contribution in [-0.2, 0) is 28.4 Å². The van der Waals surface area contributed by atoms with Gasteiger partial charge in [-0.2, -0.15) is 0 Å². The molecule has 2 aromatic heterocycles. The summed E-state index contributed by atoms with van der Waals surface area (Å²) in [4.78, 5) is 27.9. The molecule has 1 fully saturated rings. The second-order valence-corrected chi connectivity index (χ2v) is 9.82. The van der Waals surface area contributed by atoms with E-state index in [0.29, 0.717) is 34.3 Å². The van der Waals surface area contributed by atoms with Crippen molar-refractivity contribution in [1.29, 1.82) is 0 Å². The van der Waals surface area contributed by atoms with Gasteiger partial charge in [-0.15, -0.1) is 0 Å². The molecule has 2 N–H and O–H groups in total. The number of fused-ring (bicyclic) bond motifs is 1. The van der Waals surface area contributed by atoms with Gasteiger partial charge < -0.3 is 15.3 Å². The molecular weight excluding hydrogens is 438 g/mol. The van der Waals surface area contributed by atoms with E-state index in [1.165, 1.54) is 19.3 Å². The summed E-state index contributed by atoms with van der Waals surface area (Å²) < 4.78 is 12.6. The molecule has 0 aliphatic carbocycles. The van der Waals surface area contributed by atoms with Crippen LogP contribution in [0.15, 0.2) is 47.5 Å². The maximum Gasteiger partial charge on any atom is 0.307 e. The minimum atomic E-state index is -1.15. The van der Waals surface area contributed by atoms with Gasteiger partial charge in [0.25, 0.3) is 0 Å². The van der Waals surface area contributed by atoms with E-state index in [4.69, 9.17) is 15.1 Å². The van der Waals surface area contributed by atoms with Gasteiger partial charge in [-0.3, -0.25) is 9.00 Å². The molecular formula is C24H25N5O3S. The number of hydrogen-bond acceptors (Lipinski definition) is 7. The molecule has 2 aliphatic rings. The molecule has 5 rings (SSSR count). The molecule has 3 aromatic rings. The highest BCUT2D eigenvalue weighted by Crippen LogP contribution is 2.32. The molecule has 0 bridgehead atoms. The molecule has 9 heteroatoms. The van der Waals surface area contributed by atoms with Crippen LogP contribution >= 0.6 is 0 Å². The van der Waals surface area contributed by atoms with Crippen LogP contribution in [0.5, 0.6) is 0 Å². The normalized spacial score (nSPS) is 17.6. The Morgan fingerprint density at radius 1 is 1.06 bits per heavy atom. The number of hydrogen-bond donors (Lipinski definition) is 2. The minimum absolute atomic E-state index is 0.0300. The van der Waals surface area contributed by atoms with Crippen LogP contribution in [0.2, 0.25) is 0 Å². The Kier molecular flexibility index (Phi) is 6.04. The number of rotatable bonds is 6. The van der Waals surface area contributed by atoms with E-state index < -0.39 is 16.8 Å². The summed E-state index contributed by atoms with van der Waals surface area (Å²) in [6.45, 7) is 2.07. The molecule has 1 atom stereocenters. The number of carboxylic acids is 1. The van der Waals surface area contributed by atoms with Crippen molar-refractivity contribution >= 4 is 34.1 Å². The lowest BCUT2D eigenvalue weighted by Crippen LogP contribution is -2.29. The summed E-state index contributed by atoms with van der Waals surface area (Å²) in [6.07, 6.45) is 6.08. The lowest BCUT2D eigenvalue weighted by Gasteiger charge is -2.27. The second kappa shape index (κ2) is 9.27. The first-order chi connectivity index (χ1) is 16.1. The maximum atomic E-state index is 12.6. The minimum Gasteiger partial charge on any atom is -0.481 e. The average Bonchev–Trinajstić information content (AvgIpc) is 3.21. The molecule has 2 aliphatic heterocycles. The van der Waals surface area contributed by atoms with Crippen LogP contribution in [0.3, 0.4) is 0 Å². The molecule has 1 saturated heterocycles. The molecule has 33 heavy (non-hydrogen) atoms. The van der Waals surface area contributed by atoms with Crippen molar-refractivity contribution in [3.8, 4) is 11.4 Å². The Balaban J connectivity index is 1.43. The second-order valence-electron chi connectivity index (χ2n) is 8.32. The van der Waals surface area contributed by atoms with Gasteiger partial charge in [0, 0.05) is 42.7 Å². The van der Waals surface area contributed by atoms with Crippen molar-refractivity contribution in [2.75, 3.05) is 29.1 Å². The van der Waals surface area contributed by atoms with E-state index in [9.17, 15) is 9.00 Å². The predicted octanol–water partition coefficient (Wildman–Crippen LogP) is 3.56. The van der Waals surface area contributed by atoms with Gasteiger partial charge >= 0.3 is 5.97 Å². The van der Waals surface area contributed by atoms with E-state index in [1.807, 2.05) is 18.3 Å². The van der Waals surface area contributed by atoms with E-state index in [1.54, 1.807) is 24.3 Å². The van der Waals surface area contributed by atoms with Gasteiger partial charge in [-0.25, -0.2) is 15.0 Å². The standard InChI is InChI=1S/C24H25N5O3S/c30-21(31)14-16-4-7-18(8-5-16)26-24-22-19(10-13-33(22)32)27-23(28-24)17-6-9-20(25-15-17)29-11-2-1-3-12-29/h4-9,15H,1-3,10-14H2,(H,30,31)(H,26,27,28)/t33-/m1/s1. The van der Waals surface area contributed by atoms with Crippen LogP contribution in [-0.4, -0.2) is 49.1 Å². The topological polar surface area (TPSA) is 108 Å². The van der Waals surface area contributed by atoms with Crippen molar-refractivity contribution in [1.82, 2.24) is 15.0 Å². The zero-order valence-electron chi connectivity index (χ0n) is 18.2. The van der Waals surface area contributed by atoms with Gasteiger partial charge in [-0.1, -0.05) is 12.1 Å². The lowest BCUT2D eigenvalue weighted by atomic mass is 10.1. The first-order valence-electron chi connectivity index (χ1n) is 11.2. The quantitative estimate of drug-likeness (QED) is 0.571. The number of carbonyl (C=O) groups is 1. The monoisotopic (exact) mass is 463 g/mol. The Morgan fingerprint density at radius 2 is 1.85 bits per heavy atom. The van der Waals surface area contributed by atoms with Crippen molar-refractivity contribution in [3.05, 3.63) is 53.9 Å². The number of benzene rings is 1. The van der Waals surface area contributed by atoms with Crippen molar-refractivity contribution in [2.24, 2.45) is 0 Å². The first-order valence-corrected chi connectivity index (χ1v) is 12.5. The largest absolute Gasteiger partial charge is 0.481 e. The molecule has 8 nitrogen and oxygen atoms in total. The molecule has 0 spiro atoms. The summed E-state index contributed by atoms with van der Waals surface area (Å²) in [5.74, 6) is 1.71. The van der Waals surface area contributed by atoms with E-state index >= 15 is 0 Å². The Hall–Kier alpha value is -3.33. The Bertz CT molecular complexity index is 1190. The number of piperidine rings is 1. The van der Waals surface area contributed by atoms with E-state index in [0.717, 1.165) is 35.9 Å². The molecule has 0 radical (unpaired) electrons. The van der Waals surface area contributed by atoms with Gasteiger partial charge in [0.05, 0.1) is 22.9 Å². The number of nitrogens with one attached hydrogen (secondary N) is 1. The highest BCUT2D eigenvalue weighted by molar-refractivity contribution is 7.85. The summed E-state index contributed by atoms with van der Waals surface area (Å²) in [5, 5.41) is 12.2. The summed E-state index contributed by atoms with van der Waals surface area (Å²) in [7, 11) is -1.15. The van der Waals surface area contributed by atoms with Crippen molar-refractivity contribution in [2.45, 2.75) is 37.0 Å². The van der Waals surface area contributed by atoms with Crippen LogP contribution in [0, 0.1) is 0 Å². The predicted molar refractivity (Wildman–Crippen MR) is 127 cm³/mol. The highest BCUT2D eigenvalue weighted by Gasteiger charge is 2.26. The Labute approximate surface area is 194 Å². The highest BCUT2D eigenvalue weighted by atomic mass is 32.2. The molecule has 170 valence electrons. The number of aromatic nitrogens is 3. The van der Waals surface area contributed by atoms with Crippen LogP contribution < -0.4 is 10.2 Å². The fraction of sp³-hybridized carbons (Fsp3) is 0.333. The number of aliphatic carboxylic acids is 1. The number of anilines is 3. The van der Waals surface area contributed by atoms with Crippen molar-refractivity contribution in [3.63, 3.8) is 0 Å². The molecule has 0 saturated carbocycles. The fourth-order valence-electron chi connectivity index (χ4n) is 4.26. The summed E-state index contributed by atoms with van der Waals surface area (Å²) >= 11 is 0. The third-order valence-corrected chi connectivity index (χ3v) is 7.41. The molecule has 4 heterocycles. The summed E-state index contributed by atoms with van der Waals surface area (Å²) in [5.41, 5.74) is 3.07. The zero-order chi connectivity index (χ0) is 22.8. The van der Waals surface area contributed by atoms with Crippen LogP contribution in [0.25, 0.3) is 11.4 Å². The number of nitrogens with zero attached hydrogens (tertiary/aromatic N) is 4. The summed E-state index contributed by atoms with van der Waals surface area (Å²) in [6, 6.07) is 11.1. The molecule has 0 amide bonds. The number of pyridine rings is 1. The maximum absolute atomic E-state index is 12.6. The number of carboxylic acid groups (broad SMARTS) is 1. The third kappa shape index (κ3) is 4.73. The smallest absolute Gasteiger partial charge is 0.307 e. The van der Waals surface area contributed by atoms with Gasteiger partial charge in [0.1, 0.15) is 10.7 Å². The number of aryl methyl sites for hydroxylation is 1. The first kappa shape index (κ1) is 21.5. The fourth-order valence-corrected chi connectivity index (χ4v) is 5.56. The van der Waals surface area contributed by atoms with Gasteiger partial charge in [0.2, 0.25) is 0 Å². The lowest BCUT2D eigenvalue weighted by molar-refractivity contribution is -0.136. The zero-order valence-corrected chi connectivity index (χ0v) is 19.0. The molecule has 0 unspecified atom stereocenters. The van der Waals surface area contributed by atoms with E-state index in [-0.39, 0.29) is 6.42 Å². The molecule has 1 aromatic carbocycles. The van der Waals surface area contributed by atoms with Crippen LogP contribution in [0.1, 0.15) is 30.5 Å². The third-order valence-electron chi connectivity index (χ3n) is 5.95. The SMILES string of the molecule is O=C(O)Cc1ccc(Nc2nc(-c3ccc(N4CCCCC4)nc3)nc3c2[S@](=O)CC3)cc1.